The van der Waals surface area contributed by atoms with E-state index in [1.54, 1.807) is 6.08 Å². The molecule has 0 amide bonds. The van der Waals surface area contributed by atoms with Crippen LogP contribution in [-0.4, -0.2) is 92.8 Å². The Morgan fingerprint density at radius 3 is 1.45 bits per heavy atom. The molecule has 5 atom stereocenters. The monoisotopic (exact) mass is 956 g/mol. The normalized spacial score (nSPS) is 15.9. The third-order valence-electron chi connectivity index (χ3n) is 8.85. The van der Waals surface area contributed by atoms with Crippen molar-refractivity contribution in [2.75, 3.05) is 26.4 Å². The Hall–Kier alpha value is -3.30. The first kappa shape index (κ1) is 61.7. The lowest BCUT2D eigenvalue weighted by atomic mass is 10.0. The van der Waals surface area contributed by atoms with Gasteiger partial charge in [-0.05, 0) is 96.3 Å². The highest BCUT2D eigenvalue weighted by molar-refractivity contribution is 7.47. The highest BCUT2D eigenvalue weighted by Crippen LogP contribution is 2.43. The second-order valence-electron chi connectivity index (χ2n) is 14.9. The number of ether oxygens (including phenoxy) is 2. The number of aliphatic hydroxyl groups excluding tert-OH is 3. The summed E-state index contributed by atoms with van der Waals surface area (Å²) in [6, 6.07) is 0. The number of phosphoric acid groups is 2. The van der Waals surface area contributed by atoms with E-state index in [1.165, 1.54) is 0 Å². The third kappa shape index (κ3) is 44.3. The van der Waals surface area contributed by atoms with Crippen molar-refractivity contribution in [2.24, 2.45) is 0 Å². The van der Waals surface area contributed by atoms with Gasteiger partial charge in [0.2, 0.25) is 0 Å². The van der Waals surface area contributed by atoms with Crippen molar-refractivity contribution in [3.8, 4) is 0 Å². The van der Waals surface area contributed by atoms with Crippen LogP contribution in [0.5, 0.6) is 0 Å². The Bertz CT molecular complexity index is 1590. The molecule has 0 saturated carbocycles. The molecule has 0 bridgehead atoms. The fourth-order valence-corrected chi connectivity index (χ4v) is 6.50. The highest BCUT2D eigenvalue weighted by Gasteiger charge is 2.28. The molecule has 0 heterocycles. The lowest BCUT2D eigenvalue weighted by molar-refractivity contribution is -0.161. The molecule has 0 aromatic heterocycles. The van der Waals surface area contributed by atoms with E-state index >= 15 is 0 Å². The summed E-state index contributed by atoms with van der Waals surface area (Å²) in [4.78, 5) is 52.8. The molecule has 65 heavy (non-hydrogen) atoms. The fraction of sp³-hybridized carbons (Fsp3) is 0.583. The number of carbonyl (C=O) groups excluding carboxylic acids is 2. The topological polar surface area (TPSA) is 236 Å². The number of allylic oxidation sites excluding steroid dienone is 17. The van der Waals surface area contributed by atoms with E-state index < -0.39 is 78.4 Å². The number of hydrogen-bond acceptors (Lipinski definition) is 12. The lowest BCUT2D eigenvalue weighted by Crippen LogP contribution is -2.30. The average Bonchev–Trinajstić information content (AvgIpc) is 3.26. The summed E-state index contributed by atoms with van der Waals surface area (Å²) in [5.74, 6) is -1.37. The standard InChI is InChI=1S/C48H78O15P2/c1-3-5-7-9-11-13-15-17-18-19-20-21-22-23-25-27-29-31-33-37-47(52)59-41-44(42-62-65(57,58)61-40-43(49)39-60-64(54,55)56)63-48(53)38-34-36-46(51)45(50)35-32-30-28-26-24-16-14-12-10-8-6-4-2/h5-8,11-14,17-18,20-21,23-26,30,32,43-46,49-51H,3-4,9-10,15-16,19,22,27-29,31,33-42H2,1-2H3,(H,57,58)(H2,54,55,56)/b7-5-,8-6-,13-11-,14-12-,18-17-,21-20-,25-23-,26-24-,32-30-/t43-,44+,45+,46+/m0/s1. The van der Waals surface area contributed by atoms with Gasteiger partial charge in [0.15, 0.2) is 6.10 Å². The first-order valence-electron chi connectivity index (χ1n) is 22.7. The van der Waals surface area contributed by atoms with Gasteiger partial charge in [0.05, 0.1) is 32.0 Å². The van der Waals surface area contributed by atoms with Gasteiger partial charge in [-0.1, -0.05) is 130 Å². The zero-order chi connectivity index (χ0) is 48.3. The number of esters is 2. The summed E-state index contributed by atoms with van der Waals surface area (Å²) in [6.45, 7) is 1.14. The number of unbranched alkanes of at least 4 members (excludes halogenated alkanes) is 3. The molecule has 0 fully saturated rings. The van der Waals surface area contributed by atoms with Gasteiger partial charge in [0.1, 0.15) is 12.7 Å². The van der Waals surface area contributed by atoms with Crippen molar-refractivity contribution >= 4 is 27.6 Å². The van der Waals surface area contributed by atoms with Crippen molar-refractivity contribution in [1.29, 1.82) is 0 Å². The van der Waals surface area contributed by atoms with Crippen molar-refractivity contribution in [3.05, 3.63) is 109 Å². The minimum Gasteiger partial charge on any atom is -0.462 e. The molecule has 0 rings (SSSR count). The predicted molar refractivity (Wildman–Crippen MR) is 255 cm³/mol. The van der Waals surface area contributed by atoms with Crippen LogP contribution in [-0.2, 0) is 41.8 Å². The van der Waals surface area contributed by atoms with Crippen LogP contribution in [0.15, 0.2) is 109 Å². The number of phosphoric ester groups is 2. The summed E-state index contributed by atoms with van der Waals surface area (Å²) >= 11 is 0. The molecule has 0 spiro atoms. The molecule has 17 heteroatoms. The zero-order valence-electron chi connectivity index (χ0n) is 38.5. The summed E-state index contributed by atoms with van der Waals surface area (Å²) in [5, 5.41) is 30.5. The largest absolute Gasteiger partial charge is 0.472 e. The van der Waals surface area contributed by atoms with Crippen molar-refractivity contribution < 1.29 is 71.8 Å². The van der Waals surface area contributed by atoms with E-state index in [4.69, 9.17) is 23.8 Å². The molecule has 6 N–H and O–H groups in total. The summed E-state index contributed by atoms with van der Waals surface area (Å²) in [6.07, 6.45) is 43.9. The molecule has 0 aromatic rings. The van der Waals surface area contributed by atoms with Gasteiger partial charge in [0.25, 0.3) is 0 Å². The number of hydrogen-bond donors (Lipinski definition) is 6. The maximum Gasteiger partial charge on any atom is 0.472 e. The first-order chi connectivity index (χ1) is 31.2. The van der Waals surface area contributed by atoms with Crippen LogP contribution in [0.25, 0.3) is 0 Å². The fourth-order valence-electron chi connectivity index (χ4n) is 5.34. The van der Waals surface area contributed by atoms with Crippen LogP contribution in [0.4, 0.5) is 0 Å². The Balaban J connectivity index is 4.80. The highest BCUT2D eigenvalue weighted by atomic mass is 31.2. The molecular formula is C48H78O15P2. The minimum absolute atomic E-state index is 0.0781. The molecule has 370 valence electrons. The van der Waals surface area contributed by atoms with E-state index in [0.717, 1.165) is 70.6 Å². The van der Waals surface area contributed by atoms with Gasteiger partial charge >= 0.3 is 27.6 Å². The van der Waals surface area contributed by atoms with E-state index in [-0.39, 0.29) is 32.1 Å². The van der Waals surface area contributed by atoms with Crippen LogP contribution in [0, 0.1) is 0 Å². The zero-order valence-corrected chi connectivity index (χ0v) is 40.3. The van der Waals surface area contributed by atoms with E-state index in [9.17, 15) is 38.9 Å². The molecular weight excluding hydrogens is 878 g/mol. The first-order valence-corrected chi connectivity index (χ1v) is 25.8. The second kappa shape index (κ2) is 42.1. The number of rotatable bonds is 41. The third-order valence-corrected chi connectivity index (χ3v) is 10.3. The Labute approximate surface area is 387 Å². The number of aliphatic hydroxyl groups is 3. The quantitative estimate of drug-likeness (QED) is 0.0145. The molecule has 0 aliphatic heterocycles. The molecule has 0 radical (unpaired) electrons. The van der Waals surface area contributed by atoms with Crippen molar-refractivity contribution in [1.82, 2.24) is 0 Å². The van der Waals surface area contributed by atoms with Gasteiger partial charge in [-0.15, -0.1) is 0 Å². The number of carbonyl (C=O) groups is 2. The molecule has 0 aliphatic carbocycles. The summed E-state index contributed by atoms with van der Waals surface area (Å²) < 4.78 is 47.6. The van der Waals surface area contributed by atoms with E-state index in [2.05, 4.69) is 108 Å². The Morgan fingerprint density at radius 2 is 0.938 bits per heavy atom. The smallest absolute Gasteiger partial charge is 0.462 e. The Kier molecular flexibility index (Phi) is 39.9. The van der Waals surface area contributed by atoms with Gasteiger partial charge in [-0.3, -0.25) is 23.2 Å². The van der Waals surface area contributed by atoms with Crippen LogP contribution in [0.1, 0.15) is 129 Å². The molecule has 0 aliphatic rings. The molecule has 15 nitrogen and oxygen atoms in total. The summed E-state index contributed by atoms with van der Waals surface area (Å²) in [5.41, 5.74) is 0. The van der Waals surface area contributed by atoms with Gasteiger partial charge in [-0.2, -0.15) is 0 Å². The predicted octanol–water partition coefficient (Wildman–Crippen LogP) is 9.83. The average molecular weight is 957 g/mol. The maximum absolute atomic E-state index is 12.7. The van der Waals surface area contributed by atoms with Crippen LogP contribution in [0.2, 0.25) is 0 Å². The second-order valence-corrected chi connectivity index (χ2v) is 17.6. The molecule has 1 unspecified atom stereocenters. The van der Waals surface area contributed by atoms with Crippen molar-refractivity contribution in [2.45, 2.75) is 154 Å². The minimum atomic E-state index is -4.91. The van der Waals surface area contributed by atoms with E-state index in [1.807, 2.05) is 18.2 Å². The van der Waals surface area contributed by atoms with Crippen LogP contribution >= 0.6 is 15.6 Å². The van der Waals surface area contributed by atoms with E-state index in [0.29, 0.717) is 12.8 Å². The van der Waals surface area contributed by atoms with Gasteiger partial charge < -0.3 is 39.5 Å². The van der Waals surface area contributed by atoms with Crippen molar-refractivity contribution in [3.63, 3.8) is 0 Å². The maximum atomic E-state index is 12.7. The summed E-state index contributed by atoms with van der Waals surface area (Å²) in [7, 11) is -9.82. The van der Waals surface area contributed by atoms with Crippen LogP contribution < -0.4 is 0 Å². The van der Waals surface area contributed by atoms with Gasteiger partial charge in [-0.25, -0.2) is 9.13 Å². The molecule has 0 aromatic carbocycles. The molecule has 0 saturated heterocycles. The lowest BCUT2D eigenvalue weighted by Gasteiger charge is -2.21. The SMILES string of the molecule is CC/C=C\C/C=C\C/C=C\C/C=C\C/C=C\CCCCCC(=O)OC[C@H](COP(=O)(O)OC[C@@H](O)COP(=O)(O)O)OC(=O)CCC[C@@H](O)[C@H](O)C/C=C\C/C=C\C/C=C\C/C=C\CC. The van der Waals surface area contributed by atoms with Crippen LogP contribution in [0.3, 0.4) is 0 Å². The van der Waals surface area contributed by atoms with Gasteiger partial charge in [0, 0.05) is 12.8 Å². The Morgan fingerprint density at radius 1 is 0.492 bits per heavy atom.